The van der Waals surface area contributed by atoms with Crippen LogP contribution >= 0.6 is 11.8 Å². The molecule has 2 aliphatic heterocycles. The third kappa shape index (κ3) is 6.78. The third-order valence-electron chi connectivity index (χ3n) is 5.82. The molecule has 0 aromatic heterocycles. The molecule has 2 aromatic carbocycles. The topological polar surface area (TPSA) is 102 Å². The Balaban J connectivity index is 0.000000555. The van der Waals surface area contributed by atoms with Crippen LogP contribution in [-0.4, -0.2) is 84.2 Å². The van der Waals surface area contributed by atoms with Crippen molar-refractivity contribution in [3.05, 3.63) is 53.6 Å². The van der Waals surface area contributed by atoms with Gasteiger partial charge in [-0.25, -0.2) is 21.1 Å². The van der Waals surface area contributed by atoms with Crippen molar-refractivity contribution >= 4 is 31.9 Å². The standard InChI is InChI=1S/C21H27N3O2S2.CH4O3S/c1-22(2)28(25,26)17-8-9-21-18(15-17)19(24-12-10-23(3)11-13-24)14-16-6-4-5-7-20(16)27-21;1-5(2,3)4/h4-9,15,19H,10-14H2,1-3H3;1H3,(H,2,3,4). The van der Waals surface area contributed by atoms with Crippen LogP contribution < -0.4 is 4.90 Å². The van der Waals surface area contributed by atoms with E-state index < -0.39 is 20.1 Å². The number of piperazine rings is 1. The summed E-state index contributed by atoms with van der Waals surface area (Å²) in [5.41, 5.74) is 2.49. The molecule has 1 saturated heterocycles. The molecule has 1 fully saturated rings. The van der Waals surface area contributed by atoms with Crippen LogP contribution in [0.25, 0.3) is 0 Å². The zero-order valence-electron chi connectivity index (χ0n) is 19.3. The van der Waals surface area contributed by atoms with Gasteiger partial charge in [-0.2, -0.15) is 0 Å². The molecule has 1 N–H and O–H groups in total. The number of hydrogen-bond donors (Lipinski definition) is 1. The summed E-state index contributed by atoms with van der Waals surface area (Å²) in [7, 11) is -1.95. The molecule has 8 nitrogen and oxygen atoms in total. The maximum atomic E-state index is 12.8. The van der Waals surface area contributed by atoms with Gasteiger partial charge in [-0.15, -0.1) is 0 Å². The van der Waals surface area contributed by atoms with Crippen molar-refractivity contribution in [3.63, 3.8) is 0 Å². The molecule has 182 valence electrons. The molecular weight excluding hydrogens is 482 g/mol. The second-order valence-electron chi connectivity index (χ2n) is 8.61. The zero-order valence-corrected chi connectivity index (χ0v) is 21.8. The molecule has 0 spiro atoms. The average Bonchev–Trinajstić information content (AvgIpc) is 2.89. The Morgan fingerprint density at radius 1 is 1.03 bits per heavy atom. The van der Waals surface area contributed by atoms with Crippen LogP contribution in [0.1, 0.15) is 17.2 Å². The first-order valence-corrected chi connectivity index (χ1v) is 14.7. The minimum atomic E-state index is -3.92. The minimum Gasteiger partial charge on any atom is -0.748 e. The third-order valence-corrected chi connectivity index (χ3v) is 8.84. The predicted octanol–water partition coefficient (Wildman–Crippen LogP) is 0.677. The second kappa shape index (κ2) is 10.4. The SMILES string of the molecule is CN(C)S(=O)(=O)c1ccc2c(c1)C(N1CC[NH+](C)CC1)Cc1ccccc1S2.CS(=O)(=O)[O-]. The molecule has 33 heavy (non-hydrogen) atoms. The van der Waals surface area contributed by atoms with Crippen molar-refractivity contribution in [1.29, 1.82) is 0 Å². The number of nitrogens with zero attached hydrogens (tertiary/aromatic N) is 2. The maximum Gasteiger partial charge on any atom is 0.242 e. The number of nitrogens with one attached hydrogen (secondary N) is 1. The summed E-state index contributed by atoms with van der Waals surface area (Å²) >= 11 is 1.76. The van der Waals surface area contributed by atoms with Gasteiger partial charge in [0, 0.05) is 49.3 Å². The van der Waals surface area contributed by atoms with E-state index in [9.17, 15) is 8.42 Å². The van der Waals surface area contributed by atoms with E-state index in [2.05, 4.69) is 36.2 Å². The van der Waals surface area contributed by atoms with Crippen molar-refractivity contribution in [1.82, 2.24) is 9.21 Å². The van der Waals surface area contributed by atoms with E-state index in [1.165, 1.54) is 19.7 Å². The lowest BCUT2D eigenvalue weighted by atomic mass is 9.96. The number of rotatable bonds is 3. The Hall–Kier alpha value is -1.47. The molecule has 0 aliphatic carbocycles. The van der Waals surface area contributed by atoms with Crippen molar-refractivity contribution in [2.75, 3.05) is 53.6 Å². The highest BCUT2D eigenvalue weighted by Gasteiger charge is 2.31. The van der Waals surface area contributed by atoms with Crippen LogP contribution in [0.3, 0.4) is 0 Å². The van der Waals surface area contributed by atoms with Crippen molar-refractivity contribution in [2.24, 2.45) is 0 Å². The number of hydrogen-bond acceptors (Lipinski definition) is 7. The lowest BCUT2D eigenvalue weighted by Crippen LogP contribution is -3.12. The fourth-order valence-electron chi connectivity index (χ4n) is 4.00. The number of quaternary nitrogens is 1. The Labute approximate surface area is 201 Å². The molecule has 0 radical (unpaired) electrons. The Bertz CT molecular complexity index is 1180. The molecule has 11 heteroatoms. The van der Waals surface area contributed by atoms with Gasteiger partial charge in [0.15, 0.2) is 0 Å². The molecule has 2 aliphatic rings. The predicted molar refractivity (Wildman–Crippen MR) is 128 cm³/mol. The van der Waals surface area contributed by atoms with Gasteiger partial charge >= 0.3 is 0 Å². The fourth-order valence-corrected chi connectivity index (χ4v) is 6.06. The summed E-state index contributed by atoms with van der Waals surface area (Å²) in [5.74, 6) is 0. The van der Waals surface area contributed by atoms with Crippen LogP contribution in [0, 0.1) is 0 Å². The average molecular weight is 514 g/mol. The van der Waals surface area contributed by atoms with E-state index in [1.807, 2.05) is 12.1 Å². The summed E-state index contributed by atoms with van der Waals surface area (Å²) in [6.07, 6.45) is 1.52. The largest absolute Gasteiger partial charge is 0.748 e. The van der Waals surface area contributed by atoms with Gasteiger partial charge in [-0.05, 0) is 41.8 Å². The minimum absolute atomic E-state index is 0.205. The van der Waals surface area contributed by atoms with Crippen LogP contribution in [0.4, 0.5) is 0 Å². The van der Waals surface area contributed by atoms with Gasteiger partial charge in [0.25, 0.3) is 0 Å². The first-order valence-electron chi connectivity index (χ1n) is 10.6. The zero-order chi connectivity index (χ0) is 24.4. The van der Waals surface area contributed by atoms with Gasteiger partial charge in [0.1, 0.15) is 0 Å². The van der Waals surface area contributed by atoms with E-state index in [4.69, 9.17) is 13.0 Å². The first kappa shape index (κ1) is 26.1. The molecule has 0 amide bonds. The molecule has 0 bridgehead atoms. The van der Waals surface area contributed by atoms with Crippen LogP contribution in [-0.2, 0) is 26.6 Å². The van der Waals surface area contributed by atoms with Gasteiger partial charge < -0.3 is 9.45 Å². The van der Waals surface area contributed by atoms with E-state index >= 15 is 0 Å². The van der Waals surface area contributed by atoms with Gasteiger partial charge in [0.05, 0.1) is 35.2 Å². The van der Waals surface area contributed by atoms with E-state index in [-0.39, 0.29) is 6.04 Å². The van der Waals surface area contributed by atoms with Crippen molar-refractivity contribution < 1.29 is 26.3 Å². The Morgan fingerprint density at radius 3 is 2.24 bits per heavy atom. The second-order valence-corrected chi connectivity index (χ2v) is 13.3. The van der Waals surface area contributed by atoms with Crippen LogP contribution in [0.2, 0.25) is 0 Å². The van der Waals surface area contributed by atoms with Gasteiger partial charge in [-0.3, -0.25) is 4.90 Å². The maximum absolute atomic E-state index is 12.8. The highest BCUT2D eigenvalue weighted by molar-refractivity contribution is 7.99. The lowest BCUT2D eigenvalue weighted by Gasteiger charge is -2.36. The number of benzene rings is 2. The van der Waals surface area contributed by atoms with Gasteiger partial charge in [0.2, 0.25) is 10.0 Å². The Kier molecular flexibility index (Phi) is 8.26. The highest BCUT2D eigenvalue weighted by atomic mass is 32.2. The summed E-state index contributed by atoms with van der Waals surface area (Å²) in [5, 5.41) is 0. The molecule has 2 heterocycles. The fraction of sp³-hybridized carbons (Fsp3) is 0.455. The molecular formula is C22H31N3O5S3. The van der Waals surface area contributed by atoms with Crippen LogP contribution in [0.5, 0.6) is 0 Å². The van der Waals surface area contributed by atoms with Crippen LogP contribution in [0.15, 0.2) is 57.2 Å². The van der Waals surface area contributed by atoms with E-state index in [1.54, 1.807) is 36.8 Å². The number of likely N-dealkylation sites (N-methyl/N-ethyl adjacent to an activating group) is 1. The van der Waals surface area contributed by atoms with E-state index in [0.717, 1.165) is 38.2 Å². The molecule has 4 rings (SSSR count). The normalized spacial score (nSPS) is 19.8. The van der Waals surface area contributed by atoms with Crippen molar-refractivity contribution in [3.8, 4) is 0 Å². The molecule has 0 saturated carbocycles. The summed E-state index contributed by atoms with van der Waals surface area (Å²) in [6.45, 7) is 4.31. The Morgan fingerprint density at radius 2 is 1.64 bits per heavy atom. The molecule has 1 unspecified atom stereocenters. The monoisotopic (exact) mass is 513 g/mol. The van der Waals surface area contributed by atoms with E-state index in [0.29, 0.717) is 11.2 Å². The van der Waals surface area contributed by atoms with Gasteiger partial charge in [-0.1, -0.05) is 30.0 Å². The molecule has 2 aromatic rings. The number of fused-ring (bicyclic) bond motifs is 2. The lowest BCUT2D eigenvalue weighted by molar-refractivity contribution is -0.884. The smallest absolute Gasteiger partial charge is 0.242 e. The number of sulfonamides is 1. The summed E-state index contributed by atoms with van der Waals surface area (Å²) in [6, 6.07) is 14.4. The highest BCUT2D eigenvalue weighted by Crippen LogP contribution is 2.43. The summed E-state index contributed by atoms with van der Waals surface area (Å²) < 4.78 is 54.0. The first-order chi connectivity index (χ1) is 15.4. The molecule has 1 atom stereocenters. The summed E-state index contributed by atoms with van der Waals surface area (Å²) in [4.78, 5) is 6.92. The quantitative estimate of drug-likeness (QED) is 0.602. The van der Waals surface area contributed by atoms with Crippen molar-refractivity contribution in [2.45, 2.75) is 27.1 Å².